The van der Waals surface area contributed by atoms with Gasteiger partial charge in [0.1, 0.15) is 5.54 Å². The van der Waals surface area contributed by atoms with Crippen LogP contribution >= 0.6 is 0 Å². The normalized spacial score (nSPS) is 20.9. The van der Waals surface area contributed by atoms with E-state index < -0.39 is 5.54 Å². The average Bonchev–Trinajstić information content (AvgIpc) is 2.46. The summed E-state index contributed by atoms with van der Waals surface area (Å²) in [5.74, 6) is -0.183. The first-order valence-electron chi connectivity index (χ1n) is 7.72. The molecular formula is C15H31N3O2. The number of piperidine rings is 1. The maximum absolute atomic E-state index is 12.0. The number of hydrogen-bond acceptors (Lipinski definition) is 5. The third kappa shape index (κ3) is 4.43. The molecule has 1 aliphatic heterocycles. The molecule has 0 spiro atoms. The molecule has 1 atom stereocenters. The lowest BCUT2D eigenvalue weighted by atomic mass is 9.98. The van der Waals surface area contributed by atoms with Gasteiger partial charge in [-0.3, -0.25) is 4.79 Å². The Kier molecular flexibility index (Phi) is 6.92. The maximum Gasteiger partial charge on any atom is 0.327 e. The number of esters is 1. The summed E-state index contributed by atoms with van der Waals surface area (Å²) in [5.41, 5.74) is -0.625. The van der Waals surface area contributed by atoms with Crippen molar-refractivity contribution in [1.82, 2.24) is 15.1 Å². The number of methoxy groups -OCH3 is 1. The molecule has 1 saturated heterocycles. The zero-order valence-corrected chi connectivity index (χ0v) is 13.7. The molecule has 0 aromatic heterocycles. The van der Waals surface area contributed by atoms with E-state index in [0.717, 1.165) is 26.2 Å². The van der Waals surface area contributed by atoms with Crippen LogP contribution in [0.15, 0.2) is 0 Å². The smallest absolute Gasteiger partial charge is 0.327 e. The van der Waals surface area contributed by atoms with Crippen LogP contribution in [0.25, 0.3) is 0 Å². The molecule has 1 fully saturated rings. The summed E-state index contributed by atoms with van der Waals surface area (Å²) >= 11 is 0. The highest BCUT2D eigenvalue weighted by Gasteiger charge is 2.36. The Morgan fingerprint density at radius 1 is 1.40 bits per heavy atom. The van der Waals surface area contributed by atoms with Crippen molar-refractivity contribution in [2.45, 2.75) is 45.2 Å². The standard InChI is InChI=1S/C15H31N3O2/c1-6-16-15(3,14(19)20-5)12-17(4)13-8-10-18(7-2)11-9-13/h13,16H,6-12H2,1-5H3. The number of nitrogens with zero attached hydrogens (tertiary/aromatic N) is 2. The highest BCUT2D eigenvalue weighted by Crippen LogP contribution is 2.18. The van der Waals surface area contributed by atoms with Crippen molar-refractivity contribution in [3.63, 3.8) is 0 Å². The Morgan fingerprint density at radius 3 is 2.45 bits per heavy atom. The molecular weight excluding hydrogens is 254 g/mol. The SMILES string of the molecule is CCNC(C)(CN(C)C1CCN(CC)CC1)C(=O)OC. The van der Waals surface area contributed by atoms with Crippen LogP contribution in [0.5, 0.6) is 0 Å². The van der Waals surface area contributed by atoms with Crippen molar-refractivity contribution >= 4 is 5.97 Å². The molecule has 1 aliphatic rings. The van der Waals surface area contributed by atoms with Crippen molar-refractivity contribution in [2.24, 2.45) is 0 Å². The molecule has 1 unspecified atom stereocenters. The second-order valence-corrected chi connectivity index (χ2v) is 5.93. The highest BCUT2D eigenvalue weighted by molar-refractivity contribution is 5.80. The van der Waals surface area contributed by atoms with E-state index in [1.54, 1.807) is 0 Å². The summed E-state index contributed by atoms with van der Waals surface area (Å²) in [4.78, 5) is 16.8. The predicted octanol–water partition coefficient (Wildman–Crippen LogP) is 0.944. The lowest BCUT2D eigenvalue weighted by Crippen LogP contribution is -2.59. The molecule has 5 nitrogen and oxygen atoms in total. The molecule has 0 bridgehead atoms. The van der Waals surface area contributed by atoms with Crippen molar-refractivity contribution in [3.05, 3.63) is 0 Å². The first-order chi connectivity index (χ1) is 9.46. The summed E-state index contributed by atoms with van der Waals surface area (Å²) in [6.45, 7) is 11.0. The van der Waals surface area contributed by atoms with Gasteiger partial charge >= 0.3 is 5.97 Å². The molecule has 1 N–H and O–H groups in total. The van der Waals surface area contributed by atoms with Gasteiger partial charge in [0.05, 0.1) is 7.11 Å². The van der Waals surface area contributed by atoms with E-state index in [0.29, 0.717) is 12.6 Å². The number of ether oxygens (including phenoxy) is 1. The summed E-state index contributed by atoms with van der Waals surface area (Å²) in [7, 11) is 3.57. The topological polar surface area (TPSA) is 44.8 Å². The zero-order chi connectivity index (χ0) is 15.2. The van der Waals surface area contributed by atoms with Gasteiger partial charge in [0.25, 0.3) is 0 Å². The molecule has 0 aromatic rings. The molecule has 118 valence electrons. The predicted molar refractivity (Wildman–Crippen MR) is 81.9 cm³/mol. The minimum atomic E-state index is -0.625. The van der Waals surface area contributed by atoms with E-state index in [9.17, 15) is 4.79 Å². The van der Waals surface area contributed by atoms with Gasteiger partial charge in [-0.05, 0) is 53.0 Å². The largest absolute Gasteiger partial charge is 0.468 e. The molecule has 0 aromatic carbocycles. The lowest BCUT2D eigenvalue weighted by Gasteiger charge is -2.40. The number of likely N-dealkylation sites (tertiary alicyclic amines) is 1. The summed E-state index contributed by atoms with van der Waals surface area (Å²) in [5, 5.41) is 3.27. The quantitative estimate of drug-likeness (QED) is 0.706. The Morgan fingerprint density at radius 2 is 2.00 bits per heavy atom. The van der Waals surface area contributed by atoms with Crippen LogP contribution in [0.1, 0.15) is 33.6 Å². The number of rotatable bonds is 7. The van der Waals surface area contributed by atoms with Crippen molar-refractivity contribution in [2.75, 3.05) is 46.9 Å². The minimum absolute atomic E-state index is 0.183. The number of carbonyl (C=O) groups excluding carboxylic acids is 1. The van der Waals surface area contributed by atoms with Gasteiger partial charge in [-0.25, -0.2) is 0 Å². The van der Waals surface area contributed by atoms with Gasteiger partial charge < -0.3 is 19.9 Å². The van der Waals surface area contributed by atoms with Crippen LogP contribution in [0.4, 0.5) is 0 Å². The third-order valence-electron chi connectivity index (χ3n) is 4.40. The van der Waals surface area contributed by atoms with Gasteiger partial charge in [-0.2, -0.15) is 0 Å². The summed E-state index contributed by atoms with van der Waals surface area (Å²) in [6, 6.07) is 0.556. The van der Waals surface area contributed by atoms with E-state index in [-0.39, 0.29) is 5.97 Å². The minimum Gasteiger partial charge on any atom is -0.468 e. The van der Waals surface area contributed by atoms with Crippen molar-refractivity contribution < 1.29 is 9.53 Å². The van der Waals surface area contributed by atoms with Gasteiger partial charge in [0.2, 0.25) is 0 Å². The second-order valence-electron chi connectivity index (χ2n) is 5.93. The van der Waals surface area contributed by atoms with E-state index in [1.165, 1.54) is 20.0 Å². The van der Waals surface area contributed by atoms with Gasteiger partial charge in [-0.15, -0.1) is 0 Å². The molecule has 0 amide bonds. The second kappa shape index (κ2) is 7.96. The molecule has 0 saturated carbocycles. The van der Waals surface area contributed by atoms with Crippen LogP contribution in [0, 0.1) is 0 Å². The first kappa shape index (κ1) is 17.4. The number of carbonyl (C=O) groups is 1. The van der Waals surface area contributed by atoms with E-state index in [4.69, 9.17) is 4.74 Å². The fourth-order valence-electron chi connectivity index (χ4n) is 3.11. The first-order valence-corrected chi connectivity index (χ1v) is 7.72. The highest BCUT2D eigenvalue weighted by atomic mass is 16.5. The third-order valence-corrected chi connectivity index (χ3v) is 4.40. The van der Waals surface area contributed by atoms with Gasteiger partial charge in [0, 0.05) is 12.6 Å². The monoisotopic (exact) mass is 285 g/mol. The van der Waals surface area contributed by atoms with E-state index >= 15 is 0 Å². The van der Waals surface area contributed by atoms with Crippen LogP contribution in [-0.2, 0) is 9.53 Å². The average molecular weight is 285 g/mol. The Balaban J connectivity index is 2.58. The fourth-order valence-corrected chi connectivity index (χ4v) is 3.11. The Bertz CT molecular complexity index is 303. The Labute approximate surface area is 123 Å². The summed E-state index contributed by atoms with van der Waals surface area (Å²) < 4.78 is 4.95. The Hall–Kier alpha value is -0.650. The molecule has 1 rings (SSSR count). The van der Waals surface area contributed by atoms with Crippen LogP contribution in [0.3, 0.4) is 0 Å². The molecule has 1 heterocycles. The molecule has 20 heavy (non-hydrogen) atoms. The van der Waals surface area contributed by atoms with Crippen molar-refractivity contribution in [3.8, 4) is 0 Å². The number of hydrogen-bond donors (Lipinski definition) is 1. The van der Waals surface area contributed by atoms with E-state index in [2.05, 4.69) is 29.1 Å². The number of likely N-dealkylation sites (N-methyl/N-ethyl adjacent to an activating group) is 2. The van der Waals surface area contributed by atoms with Crippen LogP contribution in [0.2, 0.25) is 0 Å². The fraction of sp³-hybridized carbons (Fsp3) is 0.933. The lowest BCUT2D eigenvalue weighted by molar-refractivity contribution is -0.149. The van der Waals surface area contributed by atoms with Gasteiger partial charge in [0.15, 0.2) is 0 Å². The van der Waals surface area contributed by atoms with E-state index in [1.807, 2.05) is 13.8 Å². The van der Waals surface area contributed by atoms with Gasteiger partial charge in [-0.1, -0.05) is 13.8 Å². The number of nitrogens with one attached hydrogen (secondary N) is 1. The van der Waals surface area contributed by atoms with Crippen LogP contribution < -0.4 is 5.32 Å². The van der Waals surface area contributed by atoms with Crippen LogP contribution in [-0.4, -0.2) is 74.2 Å². The molecule has 0 radical (unpaired) electrons. The molecule has 5 heteroatoms. The zero-order valence-electron chi connectivity index (χ0n) is 13.7. The summed E-state index contributed by atoms with van der Waals surface area (Å²) in [6.07, 6.45) is 2.35. The molecule has 0 aliphatic carbocycles. The maximum atomic E-state index is 12.0. The van der Waals surface area contributed by atoms with Crippen molar-refractivity contribution in [1.29, 1.82) is 0 Å².